The minimum absolute atomic E-state index is 0.221. The van der Waals surface area contributed by atoms with Gasteiger partial charge in [-0.25, -0.2) is 14.2 Å². The minimum Gasteiger partial charge on any atom is -0.312 e. The number of anilines is 1. The van der Waals surface area contributed by atoms with Gasteiger partial charge in [-0.15, -0.1) is 0 Å². The Bertz CT molecular complexity index is 1550. The van der Waals surface area contributed by atoms with Crippen molar-refractivity contribution in [2.45, 2.75) is 19.5 Å². The number of hydrogen-bond donors (Lipinski definition) is 0. The van der Waals surface area contributed by atoms with Crippen LogP contribution in [0.1, 0.15) is 18.1 Å². The predicted octanol–water partition coefficient (Wildman–Crippen LogP) is 4.81. The average Bonchev–Trinajstić information content (AvgIpc) is 3.51. The molecule has 1 saturated heterocycles. The number of likely N-dealkylation sites (N-methyl/N-ethyl adjacent to an activating group) is 1. The van der Waals surface area contributed by atoms with Crippen molar-refractivity contribution in [3.8, 4) is 0 Å². The van der Waals surface area contributed by atoms with Gasteiger partial charge in [0.25, 0.3) is 0 Å². The molecule has 0 spiro atoms. The number of imidazole rings is 1. The molecule has 0 radical (unpaired) electrons. The third-order valence-corrected chi connectivity index (χ3v) is 7.77. The Hall–Kier alpha value is -4.03. The van der Waals surface area contributed by atoms with Crippen LogP contribution in [0.2, 0.25) is 0 Å². The molecule has 2 aliphatic rings. The number of carbonyl (C=O) groups excluding carboxylic acids is 1. The van der Waals surface area contributed by atoms with E-state index in [1.54, 1.807) is 24.7 Å². The molecule has 2 aliphatic heterocycles. The summed E-state index contributed by atoms with van der Waals surface area (Å²) in [7, 11) is 2.13. The number of aromatic nitrogens is 2. The molecule has 6 nitrogen and oxygen atoms in total. The van der Waals surface area contributed by atoms with Gasteiger partial charge >= 0.3 is 0 Å². The molecule has 38 heavy (non-hydrogen) atoms. The molecule has 0 saturated carbocycles. The highest BCUT2D eigenvalue weighted by atomic mass is 19.1. The fourth-order valence-corrected chi connectivity index (χ4v) is 5.80. The molecule has 1 unspecified atom stereocenters. The highest BCUT2D eigenvalue weighted by Crippen LogP contribution is 2.44. The summed E-state index contributed by atoms with van der Waals surface area (Å²) < 4.78 is 15.5. The van der Waals surface area contributed by atoms with Crippen molar-refractivity contribution in [2.75, 3.05) is 38.1 Å². The number of allylic oxidation sites excluding steroid dienone is 1. The summed E-state index contributed by atoms with van der Waals surface area (Å²) in [6, 6.07) is 21.0. The SMILES string of the molecule is CC1=C(c2cccc3ccccc23)C(N2CCN(C)CC2)C(=C=O)N1c1cncn1Cc1ccc(F)cc1. The maximum atomic E-state index is 13.5. The molecule has 192 valence electrons. The topological polar surface area (TPSA) is 44.6 Å². The largest absolute Gasteiger partial charge is 0.312 e. The Morgan fingerprint density at radius 2 is 1.71 bits per heavy atom. The van der Waals surface area contributed by atoms with E-state index in [1.165, 1.54) is 17.5 Å². The van der Waals surface area contributed by atoms with Gasteiger partial charge in [0, 0.05) is 37.4 Å². The van der Waals surface area contributed by atoms with Crippen LogP contribution >= 0.6 is 0 Å². The smallest absolute Gasteiger partial charge is 0.148 e. The van der Waals surface area contributed by atoms with E-state index >= 15 is 0 Å². The summed E-state index contributed by atoms with van der Waals surface area (Å²) in [6.45, 7) is 6.18. The summed E-state index contributed by atoms with van der Waals surface area (Å²) in [5.41, 5.74) is 4.77. The molecular formula is C31H30FN5O. The summed E-state index contributed by atoms with van der Waals surface area (Å²) >= 11 is 0. The molecule has 1 fully saturated rings. The minimum atomic E-state index is -0.265. The van der Waals surface area contributed by atoms with Gasteiger partial charge in [0.1, 0.15) is 23.3 Å². The van der Waals surface area contributed by atoms with Gasteiger partial charge in [-0.1, -0.05) is 54.6 Å². The van der Waals surface area contributed by atoms with Gasteiger partial charge in [-0.2, -0.15) is 0 Å². The Balaban J connectivity index is 1.50. The second-order valence-electron chi connectivity index (χ2n) is 10.1. The highest BCUT2D eigenvalue weighted by molar-refractivity contribution is 6.00. The lowest BCUT2D eigenvalue weighted by atomic mass is 9.92. The van der Waals surface area contributed by atoms with Crippen LogP contribution < -0.4 is 4.90 Å². The van der Waals surface area contributed by atoms with Crippen molar-refractivity contribution in [3.05, 3.63) is 108 Å². The van der Waals surface area contributed by atoms with Crippen LogP contribution in [0.25, 0.3) is 16.3 Å². The first kappa shape index (κ1) is 24.3. The van der Waals surface area contributed by atoms with Gasteiger partial charge in [0.05, 0.1) is 25.1 Å². The number of nitrogens with zero attached hydrogens (tertiary/aromatic N) is 5. The lowest BCUT2D eigenvalue weighted by Gasteiger charge is -2.37. The highest BCUT2D eigenvalue weighted by Gasteiger charge is 2.42. The van der Waals surface area contributed by atoms with Crippen molar-refractivity contribution in [1.82, 2.24) is 19.4 Å². The zero-order valence-corrected chi connectivity index (χ0v) is 21.6. The zero-order chi connectivity index (χ0) is 26.2. The number of piperazine rings is 1. The first-order valence-electron chi connectivity index (χ1n) is 13.0. The molecule has 0 bridgehead atoms. The van der Waals surface area contributed by atoms with Gasteiger partial charge in [0.2, 0.25) is 0 Å². The summed E-state index contributed by atoms with van der Waals surface area (Å²) in [5.74, 6) is 2.87. The van der Waals surface area contributed by atoms with E-state index in [2.05, 4.69) is 77.2 Å². The number of fused-ring (bicyclic) bond motifs is 1. The number of hydrogen-bond acceptors (Lipinski definition) is 5. The van der Waals surface area contributed by atoms with Gasteiger partial charge in [-0.05, 0) is 48.0 Å². The molecule has 0 aliphatic carbocycles. The standard InChI is InChI=1S/C31H30FN5O/c1-22-30(27-9-5-7-24-6-3-4-8-26(24)27)31(35-16-14-34(2)15-17-35)28(20-38)37(22)29-18-33-21-36(29)19-23-10-12-25(32)13-11-23/h3-13,18,21,31H,14-17,19H2,1-2H3. The molecule has 3 aromatic carbocycles. The first-order chi connectivity index (χ1) is 18.5. The van der Waals surface area contributed by atoms with Crippen molar-refractivity contribution < 1.29 is 9.18 Å². The molecule has 1 aromatic heterocycles. The predicted molar refractivity (Wildman–Crippen MR) is 149 cm³/mol. The zero-order valence-electron chi connectivity index (χ0n) is 21.6. The average molecular weight is 508 g/mol. The quantitative estimate of drug-likeness (QED) is 0.363. The van der Waals surface area contributed by atoms with Crippen LogP contribution in [0.15, 0.2) is 90.6 Å². The second kappa shape index (κ2) is 10.0. The fourth-order valence-electron chi connectivity index (χ4n) is 5.80. The molecule has 3 heterocycles. The van der Waals surface area contributed by atoms with Crippen molar-refractivity contribution in [3.63, 3.8) is 0 Å². The maximum Gasteiger partial charge on any atom is 0.148 e. The van der Waals surface area contributed by atoms with Gasteiger partial charge in [-0.3, -0.25) is 9.80 Å². The molecule has 6 rings (SSSR count). The van der Waals surface area contributed by atoms with Gasteiger partial charge in [0.15, 0.2) is 0 Å². The van der Waals surface area contributed by atoms with E-state index in [-0.39, 0.29) is 11.9 Å². The lowest BCUT2D eigenvalue weighted by Crippen LogP contribution is -2.50. The maximum absolute atomic E-state index is 13.5. The second-order valence-corrected chi connectivity index (χ2v) is 10.1. The molecular weight excluding hydrogens is 477 g/mol. The molecule has 4 aromatic rings. The molecule has 0 amide bonds. The third kappa shape index (κ3) is 4.25. The fraction of sp³-hybridized carbons (Fsp3) is 0.258. The van der Waals surface area contributed by atoms with E-state index < -0.39 is 0 Å². The first-order valence-corrected chi connectivity index (χ1v) is 13.0. The number of rotatable bonds is 5. The Labute approximate surface area is 221 Å². The van der Waals surface area contributed by atoms with E-state index in [9.17, 15) is 9.18 Å². The van der Waals surface area contributed by atoms with Crippen LogP contribution in [0.4, 0.5) is 10.2 Å². The summed E-state index contributed by atoms with van der Waals surface area (Å²) in [4.78, 5) is 24.0. The summed E-state index contributed by atoms with van der Waals surface area (Å²) in [5, 5.41) is 2.33. The Kier molecular flexibility index (Phi) is 6.42. The molecule has 0 N–H and O–H groups in total. The molecule has 1 atom stereocenters. The number of benzene rings is 3. The Morgan fingerprint density at radius 3 is 2.47 bits per heavy atom. The van der Waals surface area contributed by atoms with E-state index in [0.717, 1.165) is 59.8 Å². The van der Waals surface area contributed by atoms with E-state index in [0.29, 0.717) is 12.2 Å². The molecule has 7 heteroatoms. The normalized spacial score (nSPS) is 19.0. The Morgan fingerprint density at radius 1 is 0.974 bits per heavy atom. The van der Waals surface area contributed by atoms with Crippen LogP contribution in [0.3, 0.4) is 0 Å². The van der Waals surface area contributed by atoms with Crippen molar-refractivity contribution >= 4 is 28.1 Å². The van der Waals surface area contributed by atoms with Crippen LogP contribution in [-0.2, 0) is 11.3 Å². The number of halogens is 1. The van der Waals surface area contributed by atoms with Crippen LogP contribution in [0, 0.1) is 5.82 Å². The van der Waals surface area contributed by atoms with E-state index in [1.807, 2.05) is 9.47 Å². The lowest BCUT2D eigenvalue weighted by molar-refractivity contribution is 0.146. The van der Waals surface area contributed by atoms with Gasteiger partial charge < -0.3 is 9.47 Å². The van der Waals surface area contributed by atoms with Crippen LogP contribution in [0.5, 0.6) is 0 Å². The van der Waals surface area contributed by atoms with Crippen LogP contribution in [-0.4, -0.2) is 64.6 Å². The van der Waals surface area contributed by atoms with Crippen molar-refractivity contribution in [1.29, 1.82) is 0 Å². The van der Waals surface area contributed by atoms with E-state index in [4.69, 9.17) is 0 Å². The third-order valence-electron chi connectivity index (χ3n) is 7.77. The van der Waals surface area contributed by atoms with Crippen molar-refractivity contribution in [2.24, 2.45) is 0 Å². The monoisotopic (exact) mass is 507 g/mol. The summed E-state index contributed by atoms with van der Waals surface area (Å²) in [6.07, 6.45) is 3.55.